The van der Waals surface area contributed by atoms with Crippen molar-refractivity contribution in [2.75, 3.05) is 19.7 Å². The van der Waals surface area contributed by atoms with Gasteiger partial charge in [-0.15, -0.1) is 0 Å². The Kier molecular flexibility index (Phi) is 8.80. The Hall–Kier alpha value is -4.12. The van der Waals surface area contributed by atoms with Crippen LogP contribution in [0.15, 0.2) is 65.8 Å². The third-order valence-corrected chi connectivity index (χ3v) is 7.01. The zero-order chi connectivity index (χ0) is 27.8. The number of nitrogens with zero attached hydrogens (tertiary/aromatic N) is 6. The second-order valence-corrected chi connectivity index (χ2v) is 10.1. The van der Waals surface area contributed by atoms with Crippen molar-refractivity contribution in [3.05, 3.63) is 77.6 Å². The van der Waals surface area contributed by atoms with Crippen molar-refractivity contribution in [2.24, 2.45) is 12.0 Å². The monoisotopic (exact) mass is 547 g/mol. The van der Waals surface area contributed by atoms with Crippen LogP contribution in [0.1, 0.15) is 49.4 Å². The van der Waals surface area contributed by atoms with E-state index in [9.17, 15) is 4.79 Å². The number of amides is 1. The lowest BCUT2D eigenvalue weighted by Crippen LogP contribution is -2.46. The Morgan fingerprint density at radius 1 is 1.07 bits per heavy atom. The van der Waals surface area contributed by atoms with Gasteiger partial charge in [-0.1, -0.05) is 55.8 Å². The Morgan fingerprint density at radius 2 is 1.85 bits per heavy atom. The molecule has 1 amide bonds. The van der Waals surface area contributed by atoms with Gasteiger partial charge in [-0.05, 0) is 29.7 Å². The summed E-state index contributed by atoms with van der Waals surface area (Å²) in [4.78, 5) is 29.0. The van der Waals surface area contributed by atoms with Gasteiger partial charge >= 0.3 is 6.09 Å². The zero-order valence-electron chi connectivity index (χ0n) is 23.2. The van der Waals surface area contributed by atoms with E-state index >= 15 is 0 Å². The predicted octanol–water partition coefficient (Wildman–Crippen LogP) is 4.02. The van der Waals surface area contributed by atoms with Crippen molar-refractivity contribution >= 4 is 12.1 Å². The molecule has 1 spiro atoms. The number of carbonyl (C=O) groups excluding carboxylic acids is 1. The van der Waals surface area contributed by atoms with Crippen LogP contribution < -0.4 is 10.2 Å². The number of hydroxylamine groups is 1. The van der Waals surface area contributed by atoms with Crippen LogP contribution in [0.25, 0.3) is 0 Å². The number of piperidine rings is 1. The van der Waals surface area contributed by atoms with Gasteiger partial charge in [-0.2, -0.15) is 15.0 Å². The van der Waals surface area contributed by atoms with Crippen molar-refractivity contribution in [2.45, 2.75) is 58.0 Å². The number of rotatable bonds is 10. The molecule has 0 aliphatic carbocycles. The Balaban J connectivity index is 1.22. The second kappa shape index (κ2) is 12.8. The van der Waals surface area contributed by atoms with E-state index in [1.807, 2.05) is 42.5 Å². The highest BCUT2D eigenvalue weighted by atomic mass is 16.7. The second-order valence-electron chi connectivity index (χ2n) is 10.1. The molecule has 11 nitrogen and oxygen atoms in total. The van der Waals surface area contributed by atoms with Crippen LogP contribution in [-0.2, 0) is 36.3 Å². The molecule has 5 rings (SSSR count). The van der Waals surface area contributed by atoms with E-state index < -0.39 is 5.72 Å². The maximum atomic E-state index is 12.6. The molecule has 0 radical (unpaired) electrons. The average Bonchev–Trinajstić information content (AvgIpc) is 3.59. The van der Waals surface area contributed by atoms with E-state index in [0.717, 1.165) is 42.0 Å². The Bertz CT molecular complexity index is 1270. The highest BCUT2D eigenvalue weighted by molar-refractivity contribution is 5.80. The standard InChI is InChI=1S/C29H37N7O4/c1-3-4-18-38-26-12-10-23(11-13-26)20-36(21-25-19-30-34(2)32-25)27-31-29(40-33-27)14-16-35(17-15-29)28(37)39-22-24-8-6-5-7-9-24/h5-13,19H,3-4,14-18,20-22H2,1-2H3,(H,31,33). The van der Waals surface area contributed by atoms with Crippen LogP contribution in [0.3, 0.4) is 0 Å². The Morgan fingerprint density at radius 3 is 2.55 bits per heavy atom. The fourth-order valence-electron chi connectivity index (χ4n) is 4.68. The summed E-state index contributed by atoms with van der Waals surface area (Å²) in [7, 11) is 1.80. The smallest absolute Gasteiger partial charge is 0.410 e. The molecule has 1 aromatic heterocycles. The molecule has 0 saturated carbocycles. The quantitative estimate of drug-likeness (QED) is 0.380. The molecule has 1 saturated heterocycles. The van der Waals surface area contributed by atoms with E-state index in [4.69, 9.17) is 19.3 Å². The molecular formula is C29H37N7O4. The third kappa shape index (κ3) is 7.09. The first-order chi connectivity index (χ1) is 19.5. The minimum absolute atomic E-state index is 0.255. The lowest BCUT2D eigenvalue weighted by atomic mass is 10.0. The van der Waals surface area contributed by atoms with Gasteiger partial charge in [-0.3, -0.25) is 0 Å². The molecular weight excluding hydrogens is 510 g/mol. The van der Waals surface area contributed by atoms with E-state index in [1.165, 1.54) is 0 Å². The van der Waals surface area contributed by atoms with Crippen molar-refractivity contribution < 1.29 is 19.1 Å². The van der Waals surface area contributed by atoms with Crippen molar-refractivity contribution in [3.63, 3.8) is 0 Å². The van der Waals surface area contributed by atoms with Crippen LogP contribution in [-0.4, -0.2) is 62.3 Å². The number of likely N-dealkylation sites (tertiary alicyclic amines) is 1. The number of ether oxygens (including phenoxy) is 2. The molecule has 1 fully saturated rings. The lowest BCUT2D eigenvalue weighted by Gasteiger charge is -2.34. The van der Waals surface area contributed by atoms with Crippen LogP contribution in [0.5, 0.6) is 5.75 Å². The lowest BCUT2D eigenvalue weighted by molar-refractivity contribution is -0.0881. The number of aliphatic imine (C=N–C) groups is 1. The van der Waals surface area contributed by atoms with Gasteiger partial charge in [0.15, 0.2) is 5.72 Å². The molecule has 212 valence electrons. The summed E-state index contributed by atoms with van der Waals surface area (Å²) in [5, 5.41) is 8.67. The number of carbonyl (C=O) groups is 1. The molecule has 40 heavy (non-hydrogen) atoms. The minimum atomic E-state index is -0.733. The molecule has 2 aliphatic rings. The van der Waals surface area contributed by atoms with Crippen LogP contribution in [0.2, 0.25) is 0 Å². The summed E-state index contributed by atoms with van der Waals surface area (Å²) in [5.41, 5.74) is 5.22. The first-order valence-electron chi connectivity index (χ1n) is 13.8. The number of unbranched alkanes of at least 4 members (excludes halogenated alkanes) is 1. The van der Waals surface area contributed by atoms with Gasteiger partial charge in [0, 0.05) is 39.5 Å². The first-order valence-corrected chi connectivity index (χ1v) is 13.8. The van der Waals surface area contributed by atoms with Crippen molar-refractivity contribution in [1.82, 2.24) is 30.3 Å². The van der Waals surface area contributed by atoms with Gasteiger partial charge < -0.3 is 19.3 Å². The van der Waals surface area contributed by atoms with E-state index in [2.05, 4.69) is 39.6 Å². The molecule has 3 heterocycles. The fourth-order valence-corrected chi connectivity index (χ4v) is 4.68. The van der Waals surface area contributed by atoms with E-state index in [1.54, 1.807) is 22.9 Å². The SMILES string of the molecule is CCCCOc1ccc(CN(Cc2cnn(C)n2)C2=NC3(CCN(C(=O)OCc4ccccc4)CC3)ON2)cc1. The highest BCUT2D eigenvalue weighted by Crippen LogP contribution is 2.31. The molecule has 11 heteroatoms. The number of aryl methyl sites for hydroxylation is 1. The summed E-state index contributed by atoms with van der Waals surface area (Å²) < 4.78 is 11.3. The van der Waals surface area contributed by atoms with Gasteiger partial charge in [0.1, 0.15) is 18.1 Å². The summed E-state index contributed by atoms with van der Waals surface area (Å²) >= 11 is 0. The molecule has 2 aromatic carbocycles. The maximum Gasteiger partial charge on any atom is 0.410 e. The number of nitrogens with one attached hydrogen (secondary N) is 1. The fraction of sp³-hybridized carbons (Fsp3) is 0.448. The average molecular weight is 548 g/mol. The van der Waals surface area contributed by atoms with Gasteiger partial charge in [0.05, 0.1) is 19.3 Å². The molecule has 2 aliphatic heterocycles. The minimum Gasteiger partial charge on any atom is -0.494 e. The summed E-state index contributed by atoms with van der Waals surface area (Å²) in [6.45, 7) is 5.21. The van der Waals surface area contributed by atoms with Gasteiger partial charge in [-0.25, -0.2) is 20.1 Å². The van der Waals surface area contributed by atoms with Gasteiger partial charge in [0.25, 0.3) is 0 Å². The summed E-state index contributed by atoms with van der Waals surface area (Å²) in [5.74, 6) is 1.50. The predicted molar refractivity (Wildman–Crippen MR) is 149 cm³/mol. The number of guanidine groups is 1. The highest BCUT2D eigenvalue weighted by Gasteiger charge is 2.42. The van der Waals surface area contributed by atoms with E-state index in [-0.39, 0.29) is 12.7 Å². The molecule has 0 atom stereocenters. The summed E-state index contributed by atoms with van der Waals surface area (Å²) in [6, 6.07) is 17.8. The summed E-state index contributed by atoms with van der Waals surface area (Å²) in [6.07, 6.45) is 4.70. The van der Waals surface area contributed by atoms with Crippen LogP contribution >= 0.6 is 0 Å². The number of benzene rings is 2. The Labute approximate surface area is 234 Å². The maximum absolute atomic E-state index is 12.6. The normalized spacial score (nSPS) is 15.9. The van der Waals surface area contributed by atoms with Crippen molar-refractivity contribution in [1.29, 1.82) is 0 Å². The number of hydrogen-bond acceptors (Lipinski definition) is 9. The first kappa shape index (κ1) is 27.4. The van der Waals surface area contributed by atoms with Gasteiger partial charge in [0.2, 0.25) is 5.96 Å². The van der Waals surface area contributed by atoms with Crippen LogP contribution in [0, 0.1) is 0 Å². The van der Waals surface area contributed by atoms with Crippen molar-refractivity contribution in [3.8, 4) is 5.75 Å². The zero-order valence-corrected chi connectivity index (χ0v) is 23.2. The molecule has 0 unspecified atom stereocenters. The van der Waals surface area contributed by atoms with Crippen LogP contribution in [0.4, 0.5) is 4.79 Å². The number of hydrogen-bond donors (Lipinski definition) is 1. The molecule has 3 aromatic rings. The largest absolute Gasteiger partial charge is 0.494 e. The third-order valence-electron chi connectivity index (χ3n) is 7.01. The molecule has 1 N–H and O–H groups in total. The number of aromatic nitrogens is 3. The molecule has 0 bridgehead atoms. The van der Waals surface area contributed by atoms with E-state index in [0.29, 0.717) is 45.0 Å². The topological polar surface area (TPSA) is 106 Å².